The molecular formula is C16H18BrN. The lowest BCUT2D eigenvalue weighted by atomic mass is 9.99. The van der Waals surface area contributed by atoms with E-state index in [1.54, 1.807) is 0 Å². The highest BCUT2D eigenvalue weighted by atomic mass is 79.9. The van der Waals surface area contributed by atoms with Crippen LogP contribution in [0.15, 0.2) is 53.0 Å². The van der Waals surface area contributed by atoms with Crippen LogP contribution in [0.3, 0.4) is 0 Å². The van der Waals surface area contributed by atoms with E-state index in [-0.39, 0.29) is 6.04 Å². The SMILES string of the molecule is CCc1ccc(CC(N)c2cccc(Br)c2)cc1. The van der Waals surface area contributed by atoms with Crippen molar-refractivity contribution in [3.05, 3.63) is 69.7 Å². The Hall–Kier alpha value is -1.12. The summed E-state index contributed by atoms with van der Waals surface area (Å²) in [5.74, 6) is 0. The molecule has 0 aliphatic carbocycles. The number of rotatable bonds is 4. The molecule has 0 saturated carbocycles. The summed E-state index contributed by atoms with van der Waals surface area (Å²) in [4.78, 5) is 0. The van der Waals surface area contributed by atoms with Gasteiger partial charge in [0.25, 0.3) is 0 Å². The van der Waals surface area contributed by atoms with Crippen LogP contribution >= 0.6 is 15.9 Å². The van der Waals surface area contributed by atoms with Gasteiger partial charge in [-0.25, -0.2) is 0 Å². The smallest absolute Gasteiger partial charge is 0.0336 e. The minimum Gasteiger partial charge on any atom is -0.324 e. The summed E-state index contributed by atoms with van der Waals surface area (Å²) in [6.45, 7) is 2.17. The normalized spacial score (nSPS) is 12.4. The van der Waals surface area contributed by atoms with E-state index in [1.165, 1.54) is 16.7 Å². The highest BCUT2D eigenvalue weighted by molar-refractivity contribution is 9.10. The third-order valence-electron chi connectivity index (χ3n) is 3.16. The average molecular weight is 304 g/mol. The summed E-state index contributed by atoms with van der Waals surface area (Å²) in [7, 11) is 0. The maximum atomic E-state index is 6.25. The number of hydrogen-bond donors (Lipinski definition) is 1. The maximum absolute atomic E-state index is 6.25. The molecule has 0 fully saturated rings. The Kier molecular flexibility index (Phi) is 4.56. The van der Waals surface area contributed by atoms with Crippen LogP contribution in [-0.4, -0.2) is 0 Å². The van der Waals surface area contributed by atoms with E-state index < -0.39 is 0 Å². The molecule has 1 nitrogen and oxygen atoms in total. The molecule has 2 aromatic carbocycles. The van der Waals surface area contributed by atoms with Crippen molar-refractivity contribution in [2.75, 3.05) is 0 Å². The lowest BCUT2D eigenvalue weighted by Crippen LogP contribution is -2.13. The van der Waals surface area contributed by atoms with E-state index in [2.05, 4.69) is 59.3 Å². The molecule has 1 unspecified atom stereocenters. The zero-order chi connectivity index (χ0) is 13.0. The first-order chi connectivity index (χ1) is 8.69. The molecule has 94 valence electrons. The van der Waals surface area contributed by atoms with Gasteiger partial charge in [-0.05, 0) is 41.7 Å². The van der Waals surface area contributed by atoms with Gasteiger partial charge in [0.2, 0.25) is 0 Å². The fourth-order valence-corrected chi connectivity index (χ4v) is 2.44. The molecule has 0 aliphatic rings. The number of hydrogen-bond acceptors (Lipinski definition) is 1. The lowest BCUT2D eigenvalue weighted by molar-refractivity contribution is 0.721. The highest BCUT2D eigenvalue weighted by Crippen LogP contribution is 2.20. The second-order valence-corrected chi connectivity index (χ2v) is 5.45. The van der Waals surface area contributed by atoms with Crippen LogP contribution in [0.25, 0.3) is 0 Å². The Morgan fingerprint density at radius 2 is 1.72 bits per heavy atom. The number of benzene rings is 2. The van der Waals surface area contributed by atoms with E-state index in [1.807, 2.05) is 12.1 Å². The fourth-order valence-electron chi connectivity index (χ4n) is 2.02. The van der Waals surface area contributed by atoms with E-state index in [0.29, 0.717) is 0 Å². The molecule has 0 radical (unpaired) electrons. The van der Waals surface area contributed by atoms with Gasteiger partial charge in [0.15, 0.2) is 0 Å². The van der Waals surface area contributed by atoms with E-state index in [4.69, 9.17) is 5.73 Å². The summed E-state index contributed by atoms with van der Waals surface area (Å²) in [5, 5.41) is 0. The topological polar surface area (TPSA) is 26.0 Å². The van der Waals surface area contributed by atoms with Crippen molar-refractivity contribution >= 4 is 15.9 Å². The molecule has 0 heterocycles. The molecule has 2 rings (SSSR count). The zero-order valence-electron chi connectivity index (χ0n) is 10.6. The molecular weight excluding hydrogens is 286 g/mol. The lowest BCUT2D eigenvalue weighted by Gasteiger charge is -2.13. The van der Waals surface area contributed by atoms with E-state index >= 15 is 0 Å². The largest absolute Gasteiger partial charge is 0.324 e. The molecule has 0 saturated heterocycles. The average Bonchev–Trinajstić information content (AvgIpc) is 2.39. The van der Waals surface area contributed by atoms with Crippen molar-refractivity contribution in [1.29, 1.82) is 0 Å². The second-order valence-electron chi connectivity index (χ2n) is 4.54. The van der Waals surface area contributed by atoms with Crippen LogP contribution in [0.2, 0.25) is 0 Å². The van der Waals surface area contributed by atoms with Gasteiger partial charge in [-0.3, -0.25) is 0 Å². The monoisotopic (exact) mass is 303 g/mol. The molecule has 0 bridgehead atoms. The predicted molar refractivity (Wildman–Crippen MR) is 80.6 cm³/mol. The Morgan fingerprint density at radius 1 is 1.06 bits per heavy atom. The summed E-state index contributed by atoms with van der Waals surface area (Å²) >= 11 is 3.48. The van der Waals surface area contributed by atoms with Crippen molar-refractivity contribution in [2.45, 2.75) is 25.8 Å². The van der Waals surface area contributed by atoms with Crippen LogP contribution in [0, 0.1) is 0 Å². The fraction of sp³-hybridized carbons (Fsp3) is 0.250. The Balaban J connectivity index is 2.08. The van der Waals surface area contributed by atoms with Crippen molar-refractivity contribution in [2.24, 2.45) is 5.73 Å². The third-order valence-corrected chi connectivity index (χ3v) is 3.66. The number of halogens is 1. The first-order valence-electron chi connectivity index (χ1n) is 6.28. The molecule has 2 aromatic rings. The van der Waals surface area contributed by atoms with Crippen molar-refractivity contribution in [1.82, 2.24) is 0 Å². The van der Waals surface area contributed by atoms with Gasteiger partial charge in [-0.1, -0.05) is 59.3 Å². The Morgan fingerprint density at radius 3 is 2.33 bits per heavy atom. The standard InChI is InChI=1S/C16H18BrN/c1-2-12-6-8-13(9-7-12)10-16(18)14-4-3-5-15(17)11-14/h3-9,11,16H,2,10,18H2,1H3. The van der Waals surface area contributed by atoms with Gasteiger partial charge in [0, 0.05) is 10.5 Å². The van der Waals surface area contributed by atoms with Crippen molar-refractivity contribution in [3.63, 3.8) is 0 Å². The molecule has 18 heavy (non-hydrogen) atoms. The molecule has 0 spiro atoms. The Labute approximate surface area is 117 Å². The van der Waals surface area contributed by atoms with E-state index in [9.17, 15) is 0 Å². The predicted octanol–water partition coefficient (Wildman–Crippen LogP) is 4.25. The van der Waals surface area contributed by atoms with Gasteiger partial charge in [-0.15, -0.1) is 0 Å². The summed E-state index contributed by atoms with van der Waals surface area (Å²) < 4.78 is 1.08. The minimum atomic E-state index is 0.0509. The summed E-state index contributed by atoms with van der Waals surface area (Å²) in [5.41, 5.74) is 10.1. The maximum Gasteiger partial charge on any atom is 0.0336 e. The van der Waals surface area contributed by atoms with Gasteiger partial charge < -0.3 is 5.73 Å². The summed E-state index contributed by atoms with van der Waals surface area (Å²) in [6, 6.07) is 17.0. The van der Waals surface area contributed by atoms with Crippen molar-refractivity contribution in [3.8, 4) is 0 Å². The zero-order valence-corrected chi connectivity index (χ0v) is 12.2. The first kappa shape index (κ1) is 13.3. The Bertz CT molecular complexity index is 505. The quantitative estimate of drug-likeness (QED) is 0.897. The molecule has 2 heteroatoms. The van der Waals surface area contributed by atoms with Gasteiger partial charge in [-0.2, -0.15) is 0 Å². The van der Waals surface area contributed by atoms with Crippen LogP contribution in [0.5, 0.6) is 0 Å². The van der Waals surface area contributed by atoms with Crippen LogP contribution in [0.4, 0.5) is 0 Å². The number of aryl methyl sites for hydroxylation is 1. The molecule has 0 aromatic heterocycles. The highest BCUT2D eigenvalue weighted by Gasteiger charge is 2.07. The molecule has 1 atom stereocenters. The molecule has 2 N–H and O–H groups in total. The van der Waals surface area contributed by atoms with Crippen LogP contribution in [-0.2, 0) is 12.8 Å². The minimum absolute atomic E-state index is 0.0509. The summed E-state index contributed by atoms with van der Waals surface area (Å²) in [6.07, 6.45) is 1.96. The molecule has 0 aliphatic heterocycles. The second kappa shape index (κ2) is 6.17. The number of nitrogens with two attached hydrogens (primary N) is 1. The van der Waals surface area contributed by atoms with Crippen molar-refractivity contribution < 1.29 is 0 Å². The van der Waals surface area contributed by atoms with Gasteiger partial charge in [0.1, 0.15) is 0 Å². The van der Waals surface area contributed by atoms with Crippen LogP contribution in [0.1, 0.15) is 29.7 Å². The van der Waals surface area contributed by atoms with Gasteiger partial charge in [0.05, 0.1) is 0 Å². The van der Waals surface area contributed by atoms with Gasteiger partial charge >= 0.3 is 0 Å². The molecule has 0 amide bonds. The van der Waals surface area contributed by atoms with E-state index in [0.717, 1.165) is 17.3 Å². The van der Waals surface area contributed by atoms with Crippen LogP contribution < -0.4 is 5.73 Å². The first-order valence-corrected chi connectivity index (χ1v) is 7.07. The third kappa shape index (κ3) is 3.44.